The molecule has 20 heteroatoms. The standard InChI is InChI=1S/C25H28F13NO6/c1-4-14(3)45-19(42)39(10-11-44-16-8-6-15(7-9-16)12-17(18(40)41)43-5-2)13-20(26,27)21(28,29)22(30,31)23(32,33)24(34,35)25(36,37)38/h6-9,14,17H,4-5,10-13H2,1-3H3,(H,40,41). The highest BCUT2D eigenvalue weighted by atomic mass is 19.4. The number of aliphatic carboxylic acids is 1. The fourth-order valence-electron chi connectivity index (χ4n) is 3.33. The van der Waals surface area contributed by atoms with E-state index < -0.39 is 84.7 Å². The Bertz CT molecular complexity index is 1130. The van der Waals surface area contributed by atoms with Crippen LogP contribution in [-0.2, 0) is 20.7 Å². The van der Waals surface area contributed by atoms with Gasteiger partial charge in [0.1, 0.15) is 18.5 Å². The van der Waals surface area contributed by atoms with E-state index in [0.717, 1.165) is 0 Å². The molecule has 1 amide bonds. The number of ether oxygens (including phenoxy) is 3. The molecule has 1 N–H and O–H groups in total. The Labute approximate surface area is 247 Å². The second-order valence-corrected chi connectivity index (χ2v) is 9.50. The largest absolute Gasteiger partial charge is 0.492 e. The van der Waals surface area contributed by atoms with E-state index >= 15 is 0 Å². The van der Waals surface area contributed by atoms with Crippen molar-refractivity contribution in [2.24, 2.45) is 0 Å². The first-order valence-corrected chi connectivity index (χ1v) is 12.8. The molecule has 0 spiro atoms. The third-order valence-electron chi connectivity index (χ3n) is 6.14. The topological polar surface area (TPSA) is 85.3 Å². The van der Waals surface area contributed by atoms with E-state index in [2.05, 4.69) is 4.74 Å². The van der Waals surface area contributed by atoms with Crippen molar-refractivity contribution in [1.29, 1.82) is 0 Å². The lowest BCUT2D eigenvalue weighted by Gasteiger charge is -2.40. The van der Waals surface area contributed by atoms with Gasteiger partial charge in [-0.1, -0.05) is 19.1 Å². The lowest BCUT2D eigenvalue weighted by molar-refractivity contribution is -0.440. The zero-order valence-electron chi connectivity index (χ0n) is 23.6. The smallest absolute Gasteiger partial charge is 0.460 e. The van der Waals surface area contributed by atoms with Gasteiger partial charge in [0.2, 0.25) is 0 Å². The van der Waals surface area contributed by atoms with Gasteiger partial charge in [0, 0.05) is 13.0 Å². The molecule has 45 heavy (non-hydrogen) atoms. The summed E-state index contributed by atoms with van der Waals surface area (Å²) in [5, 5.41) is 9.14. The minimum atomic E-state index is -8.07. The first kappa shape index (κ1) is 39.8. The number of rotatable bonds is 17. The highest BCUT2D eigenvalue weighted by Gasteiger charge is 2.90. The van der Waals surface area contributed by atoms with Gasteiger partial charge in [-0.05, 0) is 38.0 Å². The van der Waals surface area contributed by atoms with Crippen molar-refractivity contribution in [2.45, 2.75) is 81.6 Å². The van der Waals surface area contributed by atoms with E-state index in [-0.39, 0.29) is 25.2 Å². The Hall–Kier alpha value is -3.19. The fourth-order valence-corrected chi connectivity index (χ4v) is 3.33. The average Bonchev–Trinajstić information content (AvgIpc) is 2.91. The molecule has 0 heterocycles. The van der Waals surface area contributed by atoms with E-state index in [0.29, 0.717) is 5.56 Å². The minimum absolute atomic E-state index is 0.00215. The molecular weight excluding hydrogens is 657 g/mol. The number of carbonyl (C=O) groups is 2. The van der Waals surface area contributed by atoms with Crippen LogP contribution in [0.3, 0.4) is 0 Å². The summed E-state index contributed by atoms with van der Waals surface area (Å²) in [5.41, 5.74) is 0.415. The lowest BCUT2D eigenvalue weighted by Crippen LogP contribution is -2.71. The zero-order valence-corrected chi connectivity index (χ0v) is 23.6. The Balaban J connectivity index is 3.22. The Morgan fingerprint density at radius 2 is 1.33 bits per heavy atom. The molecule has 2 atom stereocenters. The third-order valence-corrected chi connectivity index (χ3v) is 6.14. The van der Waals surface area contributed by atoms with Gasteiger partial charge in [-0.25, -0.2) is 9.59 Å². The van der Waals surface area contributed by atoms with Crippen LogP contribution >= 0.6 is 0 Å². The SMILES string of the molecule is CCOC(Cc1ccc(OCCN(CC(F)(F)C(F)(F)C(F)(F)C(F)(F)C(F)(F)C(F)(F)F)C(=O)OC(C)CC)cc1)C(=O)O. The van der Waals surface area contributed by atoms with Gasteiger partial charge >= 0.3 is 47.9 Å². The number of alkyl halides is 13. The van der Waals surface area contributed by atoms with Crippen LogP contribution in [0.4, 0.5) is 61.9 Å². The summed E-state index contributed by atoms with van der Waals surface area (Å²) in [6, 6.07) is 5.11. The van der Waals surface area contributed by atoms with Crippen LogP contribution in [0.2, 0.25) is 0 Å². The molecule has 260 valence electrons. The molecule has 0 saturated heterocycles. The van der Waals surface area contributed by atoms with Gasteiger partial charge in [0.25, 0.3) is 0 Å². The third kappa shape index (κ3) is 8.75. The molecule has 0 aromatic heterocycles. The number of carboxylic acids is 1. The van der Waals surface area contributed by atoms with Gasteiger partial charge < -0.3 is 19.3 Å². The van der Waals surface area contributed by atoms with E-state index in [9.17, 15) is 66.7 Å². The van der Waals surface area contributed by atoms with Crippen molar-refractivity contribution >= 4 is 12.1 Å². The van der Waals surface area contributed by atoms with Gasteiger partial charge in [0.05, 0.1) is 13.1 Å². The first-order valence-electron chi connectivity index (χ1n) is 12.8. The van der Waals surface area contributed by atoms with Crippen LogP contribution in [0.15, 0.2) is 24.3 Å². The maximum absolute atomic E-state index is 14.5. The zero-order chi connectivity index (χ0) is 35.2. The molecule has 1 aromatic rings. The molecule has 7 nitrogen and oxygen atoms in total. The van der Waals surface area contributed by atoms with E-state index in [1.807, 2.05) is 0 Å². The molecule has 0 aliphatic carbocycles. The summed E-state index contributed by atoms with van der Waals surface area (Å²) in [5.74, 6) is -39.4. The van der Waals surface area contributed by atoms with Crippen LogP contribution in [0.1, 0.15) is 32.8 Å². The van der Waals surface area contributed by atoms with Crippen LogP contribution in [0, 0.1) is 0 Å². The normalized spacial score (nSPS) is 14.9. The van der Waals surface area contributed by atoms with E-state index in [1.165, 1.54) is 38.1 Å². The maximum Gasteiger partial charge on any atom is 0.460 e. The predicted molar refractivity (Wildman–Crippen MR) is 127 cm³/mol. The summed E-state index contributed by atoms with van der Waals surface area (Å²) in [6.45, 7) is -0.780. The molecule has 0 aliphatic rings. The first-order chi connectivity index (χ1) is 20.3. The second-order valence-electron chi connectivity index (χ2n) is 9.50. The maximum atomic E-state index is 14.5. The van der Waals surface area contributed by atoms with Crippen molar-refractivity contribution in [2.75, 3.05) is 26.3 Å². The minimum Gasteiger partial charge on any atom is -0.492 e. The quantitative estimate of drug-likeness (QED) is 0.177. The van der Waals surface area contributed by atoms with Crippen molar-refractivity contribution in [3.63, 3.8) is 0 Å². The summed E-state index contributed by atoms with van der Waals surface area (Å²) >= 11 is 0. The highest BCUT2D eigenvalue weighted by Crippen LogP contribution is 2.60. The molecule has 2 unspecified atom stereocenters. The molecular formula is C25H28F13NO6. The second kappa shape index (κ2) is 14.5. The van der Waals surface area contributed by atoms with Gasteiger partial charge in [-0.3, -0.25) is 4.90 Å². The van der Waals surface area contributed by atoms with Crippen molar-refractivity contribution in [3.05, 3.63) is 29.8 Å². The summed E-state index contributed by atoms with van der Waals surface area (Å²) in [4.78, 5) is 23.2. The number of carboxylic acid groups (broad SMARTS) is 1. The van der Waals surface area contributed by atoms with Crippen molar-refractivity contribution in [1.82, 2.24) is 4.90 Å². The number of amides is 1. The van der Waals surface area contributed by atoms with Gasteiger partial charge in [-0.15, -0.1) is 0 Å². The molecule has 1 rings (SSSR count). The van der Waals surface area contributed by atoms with Crippen LogP contribution in [0.5, 0.6) is 5.75 Å². The Morgan fingerprint density at radius 3 is 1.78 bits per heavy atom. The average molecular weight is 685 g/mol. The van der Waals surface area contributed by atoms with Gasteiger partial charge in [-0.2, -0.15) is 57.1 Å². The van der Waals surface area contributed by atoms with Crippen molar-refractivity contribution in [3.8, 4) is 5.75 Å². The molecule has 0 radical (unpaired) electrons. The lowest BCUT2D eigenvalue weighted by atomic mass is 9.93. The predicted octanol–water partition coefficient (Wildman–Crippen LogP) is 7.07. The monoisotopic (exact) mass is 685 g/mol. The molecule has 1 aromatic carbocycles. The summed E-state index contributed by atoms with van der Waals surface area (Å²) in [6.07, 6.45) is -11.9. The molecule has 0 bridgehead atoms. The van der Waals surface area contributed by atoms with Crippen molar-refractivity contribution < 1.29 is 86.0 Å². The molecule has 0 saturated carbocycles. The molecule has 0 fully saturated rings. The Kier molecular flexibility index (Phi) is 12.8. The number of hydrogen-bond donors (Lipinski definition) is 1. The van der Waals surface area contributed by atoms with Gasteiger partial charge in [0.15, 0.2) is 6.10 Å². The number of carbonyl (C=O) groups excluding carboxylic acids is 1. The van der Waals surface area contributed by atoms with Crippen LogP contribution in [0.25, 0.3) is 0 Å². The summed E-state index contributed by atoms with van der Waals surface area (Å²) in [7, 11) is 0. The number of nitrogens with zero attached hydrogens (tertiary/aromatic N) is 1. The van der Waals surface area contributed by atoms with Crippen LogP contribution < -0.4 is 4.74 Å². The van der Waals surface area contributed by atoms with Crippen LogP contribution in [-0.4, -0.2) is 96.4 Å². The fraction of sp³-hybridized carbons (Fsp3) is 0.680. The number of benzene rings is 1. The van der Waals surface area contributed by atoms with E-state index in [4.69, 9.17) is 14.6 Å². The number of hydrogen-bond acceptors (Lipinski definition) is 5. The highest BCUT2D eigenvalue weighted by molar-refractivity contribution is 5.72. The summed E-state index contributed by atoms with van der Waals surface area (Å²) < 4.78 is 191. The molecule has 0 aliphatic heterocycles. The van der Waals surface area contributed by atoms with E-state index in [1.54, 1.807) is 6.92 Å². The number of halogens is 13. The Morgan fingerprint density at radius 1 is 0.822 bits per heavy atom.